The van der Waals surface area contributed by atoms with Crippen LogP contribution in [0.15, 0.2) is 60.7 Å². The summed E-state index contributed by atoms with van der Waals surface area (Å²) in [6.45, 7) is 0. The maximum Gasteiger partial charge on any atom is 0.0932 e. The third-order valence-corrected chi connectivity index (χ3v) is 4.04. The summed E-state index contributed by atoms with van der Waals surface area (Å²) >= 11 is 0. The van der Waals surface area contributed by atoms with Gasteiger partial charge < -0.3 is 10.6 Å². The molecule has 0 bridgehead atoms. The number of rotatable bonds is 3. The zero-order valence-electron chi connectivity index (χ0n) is 11.7. The van der Waals surface area contributed by atoms with E-state index in [0.29, 0.717) is 0 Å². The van der Waals surface area contributed by atoms with E-state index in [-0.39, 0.29) is 5.66 Å². The molecule has 0 atom stereocenters. The van der Waals surface area contributed by atoms with Crippen LogP contribution in [0.3, 0.4) is 0 Å². The Balaban J connectivity index is 2.04. The summed E-state index contributed by atoms with van der Waals surface area (Å²) in [4.78, 5) is 2.31. The molecule has 1 fully saturated rings. The van der Waals surface area contributed by atoms with Gasteiger partial charge in [0, 0.05) is 11.4 Å². The van der Waals surface area contributed by atoms with Crippen LogP contribution in [0.1, 0.15) is 25.7 Å². The molecule has 1 radical (unpaired) electrons. The Morgan fingerprint density at radius 1 is 0.750 bits per heavy atom. The van der Waals surface area contributed by atoms with Crippen LogP contribution in [0.25, 0.3) is 0 Å². The molecule has 0 heterocycles. The second-order valence-electron chi connectivity index (χ2n) is 5.48. The van der Waals surface area contributed by atoms with E-state index in [1.54, 1.807) is 0 Å². The van der Waals surface area contributed by atoms with Gasteiger partial charge in [-0.3, -0.25) is 0 Å². The van der Waals surface area contributed by atoms with Crippen LogP contribution in [0.2, 0.25) is 0 Å². The van der Waals surface area contributed by atoms with Gasteiger partial charge in [-0.05, 0) is 56.4 Å². The van der Waals surface area contributed by atoms with Crippen molar-refractivity contribution in [1.82, 2.24) is 0 Å². The Morgan fingerprint density at radius 2 is 1.20 bits per heavy atom. The van der Waals surface area contributed by atoms with E-state index >= 15 is 0 Å². The van der Waals surface area contributed by atoms with Crippen LogP contribution in [0.4, 0.5) is 11.4 Å². The molecule has 2 N–H and O–H groups in total. The Labute approximate surface area is 121 Å². The second kappa shape index (κ2) is 5.68. The van der Waals surface area contributed by atoms with Crippen molar-refractivity contribution in [3.8, 4) is 0 Å². The SMILES string of the molecule is NC1(N(c2ccccc2)c2ccccc2)CC[CH]CC1. The van der Waals surface area contributed by atoms with Gasteiger partial charge in [0.2, 0.25) is 0 Å². The highest BCUT2D eigenvalue weighted by Crippen LogP contribution is 2.38. The van der Waals surface area contributed by atoms with E-state index in [1.807, 2.05) is 12.1 Å². The summed E-state index contributed by atoms with van der Waals surface area (Å²) in [5, 5.41) is 0. The summed E-state index contributed by atoms with van der Waals surface area (Å²) in [6, 6.07) is 20.9. The molecule has 0 unspecified atom stereocenters. The standard InChI is InChI=1S/C18H21N2/c19-18(14-8-3-9-15-18)20(16-10-4-1-5-11-16)17-12-6-2-7-13-17/h1-7,10-13H,8-9,14-15,19H2. The fourth-order valence-electron chi connectivity index (χ4n) is 3.01. The Morgan fingerprint density at radius 3 is 1.65 bits per heavy atom. The van der Waals surface area contributed by atoms with Crippen LogP contribution < -0.4 is 10.6 Å². The first kappa shape index (κ1) is 13.2. The lowest BCUT2D eigenvalue weighted by atomic mass is 9.87. The van der Waals surface area contributed by atoms with Gasteiger partial charge in [-0.2, -0.15) is 0 Å². The summed E-state index contributed by atoms with van der Waals surface area (Å²) in [5.41, 5.74) is 8.82. The average Bonchev–Trinajstić information content (AvgIpc) is 2.50. The van der Waals surface area contributed by atoms with Gasteiger partial charge in [0.05, 0.1) is 5.66 Å². The lowest BCUT2D eigenvalue weighted by Gasteiger charge is -2.45. The van der Waals surface area contributed by atoms with Crippen molar-refractivity contribution in [3.05, 3.63) is 67.1 Å². The number of nitrogens with zero attached hydrogens (tertiary/aromatic N) is 1. The van der Waals surface area contributed by atoms with E-state index in [1.165, 1.54) is 11.4 Å². The molecule has 1 saturated carbocycles. The molecule has 103 valence electrons. The number of hydrogen-bond donors (Lipinski definition) is 1. The van der Waals surface area contributed by atoms with Crippen molar-refractivity contribution in [2.75, 3.05) is 4.90 Å². The normalized spacial score (nSPS) is 17.6. The molecule has 2 nitrogen and oxygen atoms in total. The molecule has 1 aliphatic rings. The second-order valence-corrected chi connectivity index (χ2v) is 5.48. The zero-order chi connectivity index (χ0) is 13.8. The molecule has 20 heavy (non-hydrogen) atoms. The topological polar surface area (TPSA) is 29.3 Å². The van der Waals surface area contributed by atoms with Crippen molar-refractivity contribution >= 4 is 11.4 Å². The third-order valence-electron chi connectivity index (χ3n) is 4.04. The summed E-state index contributed by atoms with van der Waals surface area (Å²) in [6.07, 6.45) is 6.52. The molecule has 1 aliphatic carbocycles. The van der Waals surface area contributed by atoms with E-state index in [9.17, 15) is 0 Å². The molecule has 0 aliphatic heterocycles. The maximum atomic E-state index is 6.77. The first-order valence-electron chi connectivity index (χ1n) is 7.30. The summed E-state index contributed by atoms with van der Waals surface area (Å²) < 4.78 is 0. The van der Waals surface area contributed by atoms with Crippen LogP contribution in [0, 0.1) is 6.42 Å². The molecule has 2 aromatic carbocycles. The van der Waals surface area contributed by atoms with Crippen molar-refractivity contribution in [3.63, 3.8) is 0 Å². The molecule has 2 heteroatoms. The highest BCUT2D eigenvalue weighted by Gasteiger charge is 2.35. The number of anilines is 2. The highest BCUT2D eigenvalue weighted by atomic mass is 15.3. The Kier molecular flexibility index (Phi) is 3.75. The molecule has 3 rings (SSSR count). The zero-order valence-corrected chi connectivity index (χ0v) is 11.7. The van der Waals surface area contributed by atoms with Gasteiger partial charge in [0.25, 0.3) is 0 Å². The molecular weight excluding hydrogens is 244 g/mol. The van der Waals surface area contributed by atoms with Gasteiger partial charge in [0.1, 0.15) is 0 Å². The predicted octanol–water partition coefficient (Wildman–Crippen LogP) is 4.26. The number of hydrogen-bond acceptors (Lipinski definition) is 2. The highest BCUT2D eigenvalue weighted by molar-refractivity contribution is 5.65. The molecule has 0 saturated heterocycles. The number of nitrogens with two attached hydrogens (primary N) is 1. The molecule has 0 aromatic heterocycles. The smallest absolute Gasteiger partial charge is 0.0932 e. The molecule has 2 aromatic rings. The number of benzene rings is 2. The minimum Gasteiger partial charge on any atom is -0.323 e. The predicted molar refractivity (Wildman–Crippen MR) is 84.7 cm³/mol. The Bertz CT molecular complexity index is 490. The van der Waals surface area contributed by atoms with E-state index in [4.69, 9.17) is 5.73 Å². The van der Waals surface area contributed by atoms with Crippen molar-refractivity contribution in [2.24, 2.45) is 5.73 Å². The minimum atomic E-state index is -0.294. The van der Waals surface area contributed by atoms with Gasteiger partial charge in [0.15, 0.2) is 0 Å². The van der Waals surface area contributed by atoms with Crippen molar-refractivity contribution in [2.45, 2.75) is 31.3 Å². The van der Waals surface area contributed by atoms with Gasteiger partial charge >= 0.3 is 0 Å². The van der Waals surface area contributed by atoms with Gasteiger partial charge in [-0.15, -0.1) is 0 Å². The van der Waals surface area contributed by atoms with Gasteiger partial charge in [-0.1, -0.05) is 36.4 Å². The fraction of sp³-hybridized carbons (Fsp3) is 0.278. The molecular formula is C18H21N2. The van der Waals surface area contributed by atoms with Crippen LogP contribution >= 0.6 is 0 Å². The number of para-hydroxylation sites is 2. The summed E-state index contributed by atoms with van der Waals surface area (Å²) in [7, 11) is 0. The first-order chi connectivity index (χ1) is 9.80. The summed E-state index contributed by atoms with van der Waals surface area (Å²) in [5.74, 6) is 0. The lowest BCUT2D eigenvalue weighted by molar-refractivity contribution is 0.337. The van der Waals surface area contributed by atoms with Crippen LogP contribution in [0.5, 0.6) is 0 Å². The first-order valence-corrected chi connectivity index (χ1v) is 7.30. The molecule has 0 amide bonds. The third kappa shape index (κ3) is 2.56. The van der Waals surface area contributed by atoms with Gasteiger partial charge in [-0.25, -0.2) is 0 Å². The van der Waals surface area contributed by atoms with Crippen LogP contribution in [-0.4, -0.2) is 5.66 Å². The fourth-order valence-corrected chi connectivity index (χ4v) is 3.01. The maximum absolute atomic E-state index is 6.77. The minimum absolute atomic E-state index is 0.294. The van der Waals surface area contributed by atoms with E-state index < -0.39 is 0 Å². The lowest BCUT2D eigenvalue weighted by Crippen LogP contribution is -2.55. The Hall–Kier alpha value is -1.80. The van der Waals surface area contributed by atoms with Crippen molar-refractivity contribution in [1.29, 1.82) is 0 Å². The van der Waals surface area contributed by atoms with E-state index in [0.717, 1.165) is 25.7 Å². The largest absolute Gasteiger partial charge is 0.323 e. The van der Waals surface area contributed by atoms with Crippen LogP contribution in [-0.2, 0) is 0 Å². The average molecular weight is 265 g/mol. The van der Waals surface area contributed by atoms with Crippen molar-refractivity contribution < 1.29 is 0 Å². The van der Waals surface area contributed by atoms with E-state index in [2.05, 4.69) is 59.9 Å². The monoisotopic (exact) mass is 265 g/mol. The molecule has 0 spiro atoms. The quantitative estimate of drug-likeness (QED) is 0.840.